The number of fused-ring (bicyclic) bond motifs is 1. The summed E-state index contributed by atoms with van der Waals surface area (Å²) in [6.07, 6.45) is 5.42. The molecule has 0 unspecified atom stereocenters. The molecular weight excluding hydrogens is 386 g/mol. The minimum absolute atomic E-state index is 0. The monoisotopic (exact) mass is 413 g/mol. The summed E-state index contributed by atoms with van der Waals surface area (Å²) in [7, 11) is -3.47. The van der Waals surface area contributed by atoms with Crippen LogP contribution in [0.15, 0.2) is 24.4 Å². The van der Waals surface area contributed by atoms with Crippen LogP contribution < -0.4 is 10.6 Å². The van der Waals surface area contributed by atoms with Crippen molar-refractivity contribution in [3.8, 4) is 0 Å². The van der Waals surface area contributed by atoms with Crippen molar-refractivity contribution in [2.45, 2.75) is 37.4 Å². The van der Waals surface area contributed by atoms with Gasteiger partial charge >= 0.3 is 0 Å². The third kappa shape index (κ3) is 4.15. The Bertz CT molecular complexity index is 902. The molecule has 0 saturated carbocycles. The van der Waals surface area contributed by atoms with Crippen LogP contribution >= 0.6 is 12.4 Å². The first kappa shape index (κ1) is 21.7. The minimum Gasteiger partial charge on any atom is -0.361 e. The number of aryl methyl sites for hydroxylation is 1. The summed E-state index contributed by atoms with van der Waals surface area (Å²) in [6.45, 7) is 3.64. The van der Waals surface area contributed by atoms with Crippen molar-refractivity contribution in [2.75, 3.05) is 25.9 Å². The van der Waals surface area contributed by atoms with Crippen molar-refractivity contribution in [3.63, 3.8) is 0 Å². The van der Waals surface area contributed by atoms with Crippen LogP contribution in [-0.2, 0) is 27.5 Å². The summed E-state index contributed by atoms with van der Waals surface area (Å²) in [4.78, 5) is 16.1. The number of rotatable bonds is 6. The number of carbonyl (C=O) groups is 1. The van der Waals surface area contributed by atoms with E-state index in [-0.39, 0.29) is 18.3 Å². The normalized spacial score (nSPS) is 16.7. The van der Waals surface area contributed by atoms with Gasteiger partial charge in [0.15, 0.2) is 14.6 Å². The first-order valence-corrected chi connectivity index (χ1v) is 11.0. The molecule has 1 aliphatic heterocycles. The van der Waals surface area contributed by atoms with Crippen LogP contribution in [0, 0.1) is 0 Å². The molecule has 1 aromatic heterocycles. The molecule has 0 bridgehead atoms. The molecule has 0 atom stereocenters. The Morgan fingerprint density at radius 1 is 1.22 bits per heavy atom. The Labute approximate surface area is 166 Å². The molecule has 27 heavy (non-hydrogen) atoms. The lowest BCUT2D eigenvalue weighted by Gasteiger charge is -2.34. The number of piperidine rings is 1. The highest BCUT2D eigenvalue weighted by molar-refractivity contribution is 7.92. The second-order valence-corrected chi connectivity index (χ2v) is 9.36. The highest BCUT2D eigenvalue weighted by Crippen LogP contribution is 2.28. The molecule has 8 heteroatoms. The second-order valence-electron chi connectivity index (χ2n) is 7.03. The Morgan fingerprint density at radius 3 is 2.56 bits per heavy atom. The molecule has 2 aromatic rings. The molecule has 1 fully saturated rings. The highest BCUT2D eigenvalue weighted by Gasteiger charge is 2.48. The summed E-state index contributed by atoms with van der Waals surface area (Å²) in [6, 6.07) is 6.23. The fourth-order valence-electron chi connectivity index (χ4n) is 3.85. The van der Waals surface area contributed by atoms with E-state index in [0.717, 1.165) is 17.5 Å². The Balaban J connectivity index is 0.00000261. The predicted octanol–water partition coefficient (Wildman–Crippen LogP) is 1.98. The molecule has 1 amide bonds. The smallest absolute Gasteiger partial charge is 0.241 e. The fraction of sp³-hybridized carbons (Fsp3) is 0.526. The number of aromatic amines is 1. The van der Waals surface area contributed by atoms with E-state index in [1.165, 1.54) is 17.2 Å². The fourth-order valence-corrected chi connectivity index (χ4v) is 5.20. The number of halogens is 1. The Morgan fingerprint density at radius 2 is 1.93 bits per heavy atom. The maximum absolute atomic E-state index is 12.7. The zero-order valence-electron chi connectivity index (χ0n) is 15.8. The first-order valence-electron chi connectivity index (χ1n) is 9.15. The molecule has 3 rings (SSSR count). The molecular formula is C19H28ClN3O3S. The van der Waals surface area contributed by atoms with Crippen LogP contribution in [0.2, 0.25) is 0 Å². The summed E-state index contributed by atoms with van der Waals surface area (Å²) in [5, 5.41) is 7.16. The third-order valence-electron chi connectivity index (χ3n) is 5.48. The number of H-pyrrole nitrogens is 1. The van der Waals surface area contributed by atoms with E-state index in [1.54, 1.807) is 0 Å². The standard InChI is InChI=1S/C19H27N3O3S.ClH/c1-3-14-5-4-6-16-15(13-22-17(14)16)7-10-21-18(23)19(26(2,24)25)8-11-20-12-9-19;/h4-6,13,20,22H,3,7-12H2,1-2H3,(H,21,23);1H. The zero-order chi connectivity index (χ0) is 18.8. The van der Waals surface area contributed by atoms with E-state index in [1.807, 2.05) is 12.3 Å². The SMILES string of the molecule is CCc1cccc2c(CCNC(=O)C3(S(C)(=O)=O)CCNCC3)c[nH]c12.Cl. The topological polar surface area (TPSA) is 91.1 Å². The van der Waals surface area contributed by atoms with Gasteiger partial charge in [0, 0.05) is 29.9 Å². The molecule has 3 N–H and O–H groups in total. The van der Waals surface area contributed by atoms with Crippen LogP contribution in [0.25, 0.3) is 10.9 Å². The third-order valence-corrected chi connectivity index (χ3v) is 7.50. The number of aromatic nitrogens is 1. The van der Waals surface area contributed by atoms with Crippen LogP contribution in [0.3, 0.4) is 0 Å². The van der Waals surface area contributed by atoms with Crippen molar-refractivity contribution in [1.82, 2.24) is 15.6 Å². The summed E-state index contributed by atoms with van der Waals surface area (Å²) in [5.41, 5.74) is 3.54. The molecule has 0 radical (unpaired) electrons. The quantitative estimate of drug-likeness (QED) is 0.675. The summed E-state index contributed by atoms with van der Waals surface area (Å²) in [5.74, 6) is -0.365. The molecule has 1 saturated heterocycles. The average Bonchev–Trinajstić information content (AvgIpc) is 3.04. The van der Waals surface area contributed by atoms with E-state index in [9.17, 15) is 13.2 Å². The van der Waals surface area contributed by atoms with Gasteiger partial charge in [-0.3, -0.25) is 4.79 Å². The van der Waals surface area contributed by atoms with E-state index in [4.69, 9.17) is 0 Å². The molecule has 2 heterocycles. The van der Waals surface area contributed by atoms with Crippen molar-refractivity contribution >= 4 is 39.1 Å². The number of carbonyl (C=O) groups excluding carboxylic acids is 1. The number of sulfone groups is 1. The van der Waals surface area contributed by atoms with Crippen molar-refractivity contribution in [2.24, 2.45) is 0 Å². The highest BCUT2D eigenvalue weighted by atomic mass is 35.5. The van der Waals surface area contributed by atoms with Gasteiger partial charge in [-0.2, -0.15) is 0 Å². The van der Waals surface area contributed by atoms with Crippen LogP contribution in [-0.4, -0.2) is 49.9 Å². The molecule has 0 spiro atoms. The largest absolute Gasteiger partial charge is 0.361 e. The first-order chi connectivity index (χ1) is 12.4. The number of benzene rings is 1. The van der Waals surface area contributed by atoms with Gasteiger partial charge < -0.3 is 15.6 Å². The van der Waals surface area contributed by atoms with Crippen LogP contribution in [0.1, 0.15) is 30.9 Å². The maximum Gasteiger partial charge on any atom is 0.241 e. The van der Waals surface area contributed by atoms with Gasteiger partial charge in [0.2, 0.25) is 5.91 Å². The van der Waals surface area contributed by atoms with Gasteiger partial charge in [0.05, 0.1) is 0 Å². The molecule has 150 valence electrons. The lowest BCUT2D eigenvalue weighted by atomic mass is 9.95. The second kappa shape index (κ2) is 8.63. The van der Waals surface area contributed by atoms with Crippen molar-refractivity contribution < 1.29 is 13.2 Å². The molecule has 1 aromatic carbocycles. The lowest BCUT2D eigenvalue weighted by Crippen LogP contribution is -2.57. The molecule has 1 aliphatic rings. The van der Waals surface area contributed by atoms with E-state index < -0.39 is 14.6 Å². The molecule has 0 aliphatic carbocycles. The van der Waals surface area contributed by atoms with E-state index >= 15 is 0 Å². The number of nitrogens with one attached hydrogen (secondary N) is 3. The van der Waals surface area contributed by atoms with Gasteiger partial charge in [0.25, 0.3) is 0 Å². The summed E-state index contributed by atoms with van der Waals surface area (Å²) < 4.78 is 23.3. The van der Waals surface area contributed by atoms with Gasteiger partial charge in [-0.05, 0) is 49.9 Å². The predicted molar refractivity (Wildman–Crippen MR) is 111 cm³/mol. The van der Waals surface area contributed by atoms with E-state index in [0.29, 0.717) is 38.9 Å². The number of hydrogen-bond acceptors (Lipinski definition) is 4. The molecule has 6 nitrogen and oxygen atoms in total. The van der Waals surface area contributed by atoms with E-state index in [2.05, 4.69) is 34.7 Å². The number of hydrogen-bond donors (Lipinski definition) is 3. The Hall–Kier alpha value is -1.57. The van der Waals surface area contributed by atoms with Crippen molar-refractivity contribution in [3.05, 3.63) is 35.5 Å². The zero-order valence-corrected chi connectivity index (χ0v) is 17.4. The Kier molecular flexibility index (Phi) is 6.94. The average molecular weight is 414 g/mol. The van der Waals surface area contributed by atoms with Crippen molar-refractivity contribution in [1.29, 1.82) is 0 Å². The minimum atomic E-state index is -3.47. The maximum atomic E-state index is 12.7. The number of amides is 1. The van der Waals surface area contributed by atoms with Gasteiger partial charge in [-0.15, -0.1) is 12.4 Å². The number of para-hydroxylation sites is 1. The van der Waals surface area contributed by atoms with Crippen LogP contribution in [0.5, 0.6) is 0 Å². The lowest BCUT2D eigenvalue weighted by molar-refractivity contribution is -0.124. The van der Waals surface area contributed by atoms with Gasteiger partial charge in [-0.1, -0.05) is 25.1 Å². The summed E-state index contributed by atoms with van der Waals surface area (Å²) >= 11 is 0. The van der Waals surface area contributed by atoms with Gasteiger partial charge in [-0.25, -0.2) is 8.42 Å². The van der Waals surface area contributed by atoms with Crippen LogP contribution in [0.4, 0.5) is 0 Å². The van der Waals surface area contributed by atoms with Gasteiger partial charge in [0.1, 0.15) is 0 Å².